The van der Waals surface area contributed by atoms with E-state index in [1.54, 1.807) is 6.07 Å². The van der Waals surface area contributed by atoms with Crippen molar-refractivity contribution in [2.75, 3.05) is 6.61 Å². The van der Waals surface area contributed by atoms with E-state index >= 15 is 0 Å². The zero-order valence-corrected chi connectivity index (χ0v) is 10.3. The van der Waals surface area contributed by atoms with Crippen LogP contribution in [0.2, 0.25) is 5.02 Å². The summed E-state index contributed by atoms with van der Waals surface area (Å²) in [5.74, 6) is -0.131. The molecule has 0 radical (unpaired) electrons. The lowest BCUT2D eigenvalue weighted by atomic mass is 10.2. The van der Waals surface area contributed by atoms with Crippen molar-refractivity contribution < 1.29 is 9.53 Å². The summed E-state index contributed by atoms with van der Waals surface area (Å²) in [6, 6.07) is 7.42. The maximum absolute atomic E-state index is 11.4. The Balaban J connectivity index is 2.35. The lowest BCUT2D eigenvalue weighted by Crippen LogP contribution is -2.28. The van der Waals surface area contributed by atoms with Crippen molar-refractivity contribution in [3.63, 3.8) is 0 Å². The van der Waals surface area contributed by atoms with Crippen LogP contribution in [0.15, 0.2) is 24.3 Å². The van der Waals surface area contributed by atoms with Crippen LogP contribution in [0.1, 0.15) is 19.4 Å². The van der Waals surface area contributed by atoms with Crippen molar-refractivity contribution in [2.24, 2.45) is 0 Å². The minimum Gasteiger partial charge on any atom is -0.369 e. The smallest absolute Gasteiger partial charge is 0.246 e. The number of hydrogen-bond donors (Lipinski definition) is 1. The number of benzene rings is 1. The highest BCUT2D eigenvalue weighted by atomic mass is 35.5. The molecule has 0 aliphatic heterocycles. The third-order valence-corrected chi connectivity index (χ3v) is 2.35. The average Bonchev–Trinajstić information content (AvgIpc) is 2.25. The van der Waals surface area contributed by atoms with Gasteiger partial charge in [-0.15, -0.1) is 0 Å². The summed E-state index contributed by atoms with van der Waals surface area (Å²) in [7, 11) is 0. The van der Waals surface area contributed by atoms with E-state index in [1.165, 1.54) is 0 Å². The number of halogens is 1. The third kappa shape index (κ3) is 4.64. The van der Waals surface area contributed by atoms with Gasteiger partial charge in [0.1, 0.15) is 6.61 Å². The van der Waals surface area contributed by atoms with Crippen molar-refractivity contribution in [3.05, 3.63) is 34.9 Å². The number of rotatable bonds is 5. The van der Waals surface area contributed by atoms with Gasteiger partial charge in [0.2, 0.25) is 5.91 Å². The normalized spacial score (nSPS) is 10.5. The molecule has 0 heterocycles. The Hall–Kier alpha value is -1.06. The Kier molecular flexibility index (Phi) is 5.29. The second kappa shape index (κ2) is 6.51. The van der Waals surface area contributed by atoms with Gasteiger partial charge in [-0.25, -0.2) is 0 Å². The number of hydrogen-bond acceptors (Lipinski definition) is 2. The van der Waals surface area contributed by atoms with E-state index in [0.717, 1.165) is 5.56 Å². The maximum Gasteiger partial charge on any atom is 0.246 e. The van der Waals surface area contributed by atoms with Crippen molar-refractivity contribution in [2.45, 2.75) is 26.5 Å². The van der Waals surface area contributed by atoms with Crippen LogP contribution < -0.4 is 5.32 Å². The second-order valence-corrected chi connectivity index (χ2v) is 4.14. The number of nitrogens with one attached hydrogen (secondary N) is 1. The average molecular weight is 242 g/mol. The standard InChI is InChI=1S/C12H16ClNO2/c1-9(2)16-8-12(15)14-7-10-5-3-4-6-11(10)13/h3-6,9H,7-8H2,1-2H3,(H,14,15). The Bertz CT molecular complexity index is 353. The lowest BCUT2D eigenvalue weighted by Gasteiger charge is -2.09. The van der Waals surface area contributed by atoms with Gasteiger partial charge in [0.15, 0.2) is 0 Å². The van der Waals surface area contributed by atoms with E-state index in [9.17, 15) is 4.79 Å². The fourth-order valence-corrected chi connectivity index (χ4v) is 1.33. The van der Waals surface area contributed by atoms with Gasteiger partial charge in [-0.2, -0.15) is 0 Å². The largest absolute Gasteiger partial charge is 0.369 e. The molecule has 88 valence electrons. The topological polar surface area (TPSA) is 38.3 Å². The summed E-state index contributed by atoms with van der Waals surface area (Å²) in [6.07, 6.45) is 0.0612. The van der Waals surface area contributed by atoms with Gasteiger partial charge < -0.3 is 10.1 Å². The molecule has 4 heteroatoms. The molecule has 0 bridgehead atoms. The van der Waals surface area contributed by atoms with Gasteiger partial charge in [0.05, 0.1) is 6.10 Å². The second-order valence-electron chi connectivity index (χ2n) is 3.73. The highest BCUT2D eigenvalue weighted by molar-refractivity contribution is 6.31. The van der Waals surface area contributed by atoms with Gasteiger partial charge in [0.25, 0.3) is 0 Å². The summed E-state index contributed by atoms with van der Waals surface area (Å²) in [6.45, 7) is 4.30. The lowest BCUT2D eigenvalue weighted by molar-refractivity contribution is -0.127. The number of ether oxygens (including phenoxy) is 1. The molecule has 1 aromatic carbocycles. The summed E-state index contributed by atoms with van der Waals surface area (Å²) in [5, 5.41) is 3.41. The Morgan fingerprint density at radius 3 is 2.75 bits per heavy atom. The molecule has 0 aliphatic carbocycles. The summed E-state index contributed by atoms with van der Waals surface area (Å²) in [5.41, 5.74) is 0.905. The van der Waals surface area contributed by atoms with E-state index in [4.69, 9.17) is 16.3 Å². The quantitative estimate of drug-likeness (QED) is 0.860. The minimum absolute atomic E-state index is 0.0612. The zero-order chi connectivity index (χ0) is 12.0. The van der Waals surface area contributed by atoms with Crippen LogP contribution >= 0.6 is 11.6 Å². The molecule has 0 spiro atoms. The first-order chi connectivity index (χ1) is 7.59. The number of carbonyl (C=O) groups is 1. The molecule has 3 nitrogen and oxygen atoms in total. The molecule has 0 saturated heterocycles. The maximum atomic E-state index is 11.4. The Labute approximate surface area is 101 Å². The number of amides is 1. The molecule has 0 saturated carbocycles. The van der Waals surface area contributed by atoms with E-state index in [0.29, 0.717) is 11.6 Å². The predicted octanol–water partition coefficient (Wildman–Crippen LogP) is 2.38. The summed E-state index contributed by atoms with van der Waals surface area (Å²) < 4.78 is 5.18. The Morgan fingerprint density at radius 1 is 1.44 bits per heavy atom. The molecule has 0 atom stereocenters. The molecule has 16 heavy (non-hydrogen) atoms. The number of carbonyl (C=O) groups excluding carboxylic acids is 1. The molecular formula is C12H16ClNO2. The Morgan fingerprint density at radius 2 is 2.12 bits per heavy atom. The SMILES string of the molecule is CC(C)OCC(=O)NCc1ccccc1Cl. The van der Waals surface area contributed by atoms with Crippen molar-refractivity contribution in [3.8, 4) is 0 Å². The van der Waals surface area contributed by atoms with E-state index in [-0.39, 0.29) is 18.6 Å². The highest BCUT2D eigenvalue weighted by Gasteiger charge is 2.04. The summed E-state index contributed by atoms with van der Waals surface area (Å²) >= 11 is 5.95. The highest BCUT2D eigenvalue weighted by Crippen LogP contribution is 2.14. The minimum atomic E-state index is -0.131. The van der Waals surface area contributed by atoms with E-state index in [2.05, 4.69) is 5.32 Å². The van der Waals surface area contributed by atoms with Gasteiger partial charge in [-0.05, 0) is 25.5 Å². The van der Waals surface area contributed by atoms with Crippen LogP contribution in [0, 0.1) is 0 Å². The molecular weight excluding hydrogens is 226 g/mol. The van der Waals surface area contributed by atoms with Crippen molar-refractivity contribution in [1.82, 2.24) is 5.32 Å². The fraction of sp³-hybridized carbons (Fsp3) is 0.417. The predicted molar refractivity (Wildman–Crippen MR) is 64.4 cm³/mol. The van der Waals surface area contributed by atoms with Crippen LogP contribution in [-0.4, -0.2) is 18.6 Å². The van der Waals surface area contributed by atoms with E-state index < -0.39 is 0 Å². The third-order valence-electron chi connectivity index (χ3n) is 1.98. The molecule has 1 N–H and O–H groups in total. The van der Waals surface area contributed by atoms with Crippen LogP contribution in [0.4, 0.5) is 0 Å². The van der Waals surface area contributed by atoms with Gasteiger partial charge in [0, 0.05) is 11.6 Å². The monoisotopic (exact) mass is 241 g/mol. The molecule has 0 unspecified atom stereocenters. The van der Waals surface area contributed by atoms with Crippen LogP contribution in [-0.2, 0) is 16.1 Å². The first kappa shape index (κ1) is 13.0. The van der Waals surface area contributed by atoms with Gasteiger partial charge in [-0.1, -0.05) is 29.8 Å². The van der Waals surface area contributed by atoms with Crippen LogP contribution in [0.5, 0.6) is 0 Å². The van der Waals surface area contributed by atoms with Gasteiger partial charge in [-0.3, -0.25) is 4.79 Å². The van der Waals surface area contributed by atoms with Crippen LogP contribution in [0.3, 0.4) is 0 Å². The molecule has 1 aromatic rings. The molecule has 0 fully saturated rings. The first-order valence-electron chi connectivity index (χ1n) is 5.21. The van der Waals surface area contributed by atoms with Crippen LogP contribution in [0.25, 0.3) is 0 Å². The van der Waals surface area contributed by atoms with Crippen molar-refractivity contribution >= 4 is 17.5 Å². The molecule has 1 amide bonds. The molecule has 0 aliphatic rings. The summed E-state index contributed by atoms with van der Waals surface area (Å²) in [4.78, 5) is 11.4. The first-order valence-corrected chi connectivity index (χ1v) is 5.59. The van der Waals surface area contributed by atoms with Crippen molar-refractivity contribution in [1.29, 1.82) is 0 Å². The fourth-order valence-electron chi connectivity index (χ4n) is 1.13. The van der Waals surface area contributed by atoms with E-state index in [1.807, 2.05) is 32.0 Å². The van der Waals surface area contributed by atoms with Gasteiger partial charge >= 0.3 is 0 Å². The zero-order valence-electron chi connectivity index (χ0n) is 9.50. The molecule has 1 rings (SSSR count). The molecule has 0 aromatic heterocycles.